The molecule has 0 spiro atoms. The molecule has 0 bridgehead atoms. The Balaban J connectivity index is 1.80. The Hall–Kier alpha value is -2.93. The summed E-state index contributed by atoms with van der Waals surface area (Å²) in [5.74, 6) is 1.51. The molecular weight excluding hydrogens is 420 g/mol. The minimum absolute atomic E-state index is 0.369. The Morgan fingerprint density at radius 2 is 1.33 bits per heavy atom. The molecule has 0 aliphatic heterocycles. The topological polar surface area (TPSA) is 70.2 Å². The molecule has 1 unspecified atom stereocenters. The number of nitrogens with one attached hydrogen (secondary N) is 1. The summed E-state index contributed by atoms with van der Waals surface area (Å²) in [6.07, 6.45) is 0. The van der Waals surface area contributed by atoms with Gasteiger partial charge < -0.3 is 14.0 Å². The standard InChI is InChI=1S/C23H19ClN2O3S/c1-28-18-9-3-15(4-10-18)21-22(16-5-11-19(29-2)12-6-16)26-23(25-21)30(27)20-13-7-17(24)8-14-20/h3-14H,1-2H3,(H,25,26). The van der Waals surface area contributed by atoms with Gasteiger partial charge in [0.2, 0.25) is 0 Å². The Morgan fingerprint density at radius 3 is 1.87 bits per heavy atom. The molecule has 0 aliphatic carbocycles. The van der Waals surface area contributed by atoms with Gasteiger partial charge in [-0.3, -0.25) is 4.98 Å². The highest BCUT2D eigenvalue weighted by Crippen LogP contribution is 2.34. The number of nitrogens with zero attached hydrogens (tertiary/aromatic N) is 1. The van der Waals surface area contributed by atoms with E-state index in [0.29, 0.717) is 20.8 Å². The van der Waals surface area contributed by atoms with Gasteiger partial charge in [0.1, 0.15) is 17.2 Å². The zero-order valence-corrected chi connectivity index (χ0v) is 18.0. The molecule has 1 heterocycles. The first-order chi connectivity index (χ1) is 14.6. The Bertz CT molecular complexity index is 1060. The molecule has 4 aromatic rings. The van der Waals surface area contributed by atoms with Gasteiger partial charge in [-0.25, -0.2) is 0 Å². The van der Waals surface area contributed by atoms with Crippen molar-refractivity contribution in [2.45, 2.75) is 10.1 Å². The highest BCUT2D eigenvalue weighted by atomic mass is 35.5. The van der Waals surface area contributed by atoms with Crippen molar-refractivity contribution in [2.24, 2.45) is 0 Å². The van der Waals surface area contributed by atoms with Crippen molar-refractivity contribution >= 4 is 22.8 Å². The second kappa shape index (κ2) is 8.83. The SMILES string of the molecule is COc1ccc(-c2nc([S+]([O-])c3ccc(Cl)cc3)[nH]c2-c2ccc(OC)cc2)cc1. The van der Waals surface area contributed by atoms with Gasteiger partial charge in [-0.05, 0) is 72.8 Å². The van der Waals surface area contributed by atoms with E-state index in [-0.39, 0.29) is 0 Å². The van der Waals surface area contributed by atoms with Crippen LogP contribution in [0.5, 0.6) is 11.5 Å². The lowest BCUT2D eigenvalue weighted by atomic mass is 10.0. The average Bonchev–Trinajstić information content (AvgIpc) is 3.24. The van der Waals surface area contributed by atoms with Crippen molar-refractivity contribution in [1.82, 2.24) is 9.97 Å². The quantitative estimate of drug-likeness (QED) is 0.399. The van der Waals surface area contributed by atoms with Crippen LogP contribution in [0.3, 0.4) is 0 Å². The van der Waals surface area contributed by atoms with Crippen molar-refractivity contribution in [3.05, 3.63) is 77.8 Å². The number of benzene rings is 3. The Kier molecular flexibility index (Phi) is 5.99. The number of rotatable bonds is 6. The molecule has 0 aliphatic rings. The zero-order chi connectivity index (χ0) is 21.1. The lowest BCUT2D eigenvalue weighted by Gasteiger charge is -2.06. The van der Waals surface area contributed by atoms with Crippen LogP contribution in [0.25, 0.3) is 22.5 Å². The van der Waals surface area contributed by atoms with Gasteiger partial charge in [0, 0.05) is 16.1 Å². The highest BCUT2D eigenvalue weighted by Gasteiger charge is 2.24. The van der Waals surface area contributed by atoms with E-state index >= 15 is 0 Å². The van der Waals surface area contributed by atoms with Gasteiger partial charge in [0.15, 0.2) is 4.90 Å². The van der Waals surface area contributed by atoms with E-state index in [4.69, 9.17) is 26.1 Å². The summed E-state index contributed by atoms with van der Waals surface area (Å²) in [7, 11) is 3.25. The van der Waals surface area contributed by atoms with Crippen LogP contribution < -0.4 is 9.47 Å². The van der Waals surface area contributed by atoms with Crippen molar-refractivity contribution in [3.8, 4) is 34.0 Å². The van der Waals surface area contributed by atoms with Gasteiger partial charge >= 0.3 is 5.16 Å². The van der Waals surface area contributed by atoms with Gasteiger partial charge in [-0.1, -0.05) is 11.6 Å². The number of hydrogen-bond acceptors (Lipinski definition) is 4. The average molecular weight is 439 g/mol. The van der Waals surface area contributed by atoms with E-state index in [0.717, 1.165) is 28.3 Å². The predicted molar refractivity (Wildman–Crippen MR) is 119 cm³/mol. The van der Waals surface area contributed by atoms with E-state index in [9.17, 15) is 4.55 Å². The van der Waals surface area contributed by atoms with Crippen molar-refractivity contribution in [3.63, 3.8) is 0 Å². The largest absolute Gasteiger partial charge is 0.604 e. The molecule has 0 radical (unpaired) electrons. The normalized spacial score (nSPS) is 11.9. The number of methoxy groups -OCH3 is 2. The predicted octanol–water partition coefficient (Wildman–Crippen LogP) is 5.58. The summed E-state index contributed by atoms with van der Waals surface area (Å²) in [4.78, 5) is 8.57. The fourth-order valence-corrected chi connectivity index (χ4v) is 4.13. The smallest absolute Gasteiger partial charge is 0.327 e. The Morgan fingerprint density at radius 1 is 0.800 bits per heavy atom. The summed E-state index contributed by atoms with van der Waals surface area (Å²) in [5, 5.41) is 0.960. The minimum Gasteiger partial charge on any atom is -0.604 e. The molecule has 1 N–H and O–H groups in total. The van der Waals surface area contributed by atoms with E-state index < -0.39 is 11.2 Å². The van der Waals surface area contributed by atoms with Crippen molar-refractivity contribution < 1.29 is 14.0 Å². The van der Waals surface area contributed by atoms with Gasteiger partial charge in [0.05, 0.1) is 31.1 Å². The second-order valence-electron chi connectivity index (χ2n) is 6.45. The first-order valence-corrected chi connectivity index (χ1v) is 10.7. The molecule has 4 rings (SSSR count). The number of aromatic nitrogens is 2. The molecule has 152 valence electrons. The van der Waals surface area contributed by atoms with E-state index in [1.807, 2.05) is 48.5 Å². The molecule has 1 atom stereocenters. The van der Waals surface area contributed by atoms with E-state index in [2.05, 4.69) is 4.98 Å². The molecule has 1 aromatic heterocycles. The number of imidazole rings is 1. The molecule has 0 amide bonds. The minimum atomic E-state index is -1.48. The summed E-state index contributed by atoms with van der Waals surface area (Å²) >= 11 is 4.48. The fraction of sp³-hybridized carbons (Fsp3) is 0.0870. The van der Waals surface area contributed by atoms with Crippen molar-refractivity contribution in [1.29, 1.82) is 0 Å². The maximum atomic E-state index is 13.1. The van der Waals surface area contributed by atoms with Crippen LogP contribution in [0, 0.1) is 0 Å². The molecule has 3 aromatic carbocycles. The third kappa shape index (κ3) is 4.16. The molecule has 7 heteroatoms. The zero-order valence-electron chi connectivity index (χ0n) is 16.4. The molecule has 0 fully saturated rings. The first kappa shape index (κ1) is 20.3. The molecule has 0 saturated heterocycles. The fourth-order valence-electron chi connectivity index (χ4n) is 3.03. The lowest BCUT2D eigenvalue weighted by Crippen LogP contribution is -2.04. The van der Waals surface area contributed by atoms with Crippen LogP contribution in [0.1, 0.15) is 0 Å². The third-order valence-corrected chi connectivity index (χ3v) is 6.12. The summed E-state index contributed by atoms with van der Waals surface area (Å²) < 4.78 is 23.6. The van der Waals surface area contributed by atoms with Crippen LogP contribution >= 0.6 is 11.6 Å². The van der Waals surface area contributed by atoms with Gasteiger partial charge in [-0.15, -0.1) is 0 Å². The van der Waals surface area contributed by atoms with Crippen LogP contribution in [0.4, 0.5) is 0 Å². The summed E-state index contributed by atoms with van der Waals surface area (Å²) in [6.45, 7) is 0. The van der Waals surface area contributed by atoms with E-state index in [1.165, 1.54) is 0 Å². The number of aromatic amines is 1. The Labute approximate surface area is 182 Å². The van der Waals surface area contributed by atoms with Crippen LogP contribution in [0.15, 0.2) is 82.8 Å². The number of H-pyrrole nitrogens is 1. The lowest BCUT2D eigenvalue weighted by molar-refractivity contribution is 0.414. The molecular formula is C23H19ClN2O3S. The summed E-state index contributed by atoms with van der Waals surface area (Å²) in [6, 6.07) is 22.1. The maximum absolute atomic E-state index is 13.1. The number of halogens is 1. The highest BCUT2D eigenvalue weighted by molar-refractivity contribution is 7.91. The van der Waals surface area contributed by atoms with E-state index in [1.54, 1.807) is 38.5 Å². The number of hydrogen-bond donors (Lipinski definition) is 1. The van der Waals surface area contributed by atoms with Gasteiger partial charge in [0.25, 0.3) is 0 Å². The van der Waals surface area contributed by atoms with Crippen LogP contribution in [-0.2, 0) is 11.2 Å². The van der Waals surface area contributed by atoms with Crippen LogP contribution in [-0.4, -0.2) is 28.7 Å². The number of ether oxygens (including phenoxy) is 2. The summed E-state index contributed by atoms with van der Waals surface area (Å²) in [5.41, 5.74) is 3.28. The third-order valence-electron chi connectivity index (χ3n) is 4.63. The van der Waals surface area contributed by atoms with Gasteiger partial charge in [-0.2, -0.15) is 4.98 Å². The molecule has 0 saturated carbocycles. The molecule has 5 nitrogen and oxygen atoms in total. The molecule has 30 heavy (non-hydrogen) atoms. The second-order valence-corrected chi connectivity index (χ2v) is 8.28. The van der Waals surface area contributed by atoms with Crippen LogP contribution in [0.2, 0.25) is 5.02 Å². The first-order valence-electron chi connectivity index (χ1n) is 9.15. The maximum Gasteiger partial charge on any atom is 0.327 e. The van der Waals surface area contributed by atoms with Crippen molar-refractivity contribution in [2.75, 3.05) is 14.2 Å². The monoisotopic (exact) mass is 438 g/mol.